The van der Waals surface area contributed by atoms with Gasteiger partial charge >= 0.3 is 0 Å². The molecule has 0 spiro atoms. The van der Waals surface area contributed by atoms with Gasteiger partial charge in [-0.1, -0.05) is 6.07 Å². The summed E-state index contributed by atoms with van der Waals surface area (Å²) in [6.07, 6.45) is 2.64. The van der Waals surface area contributed by atoms with Crippen LogP contribution < -0.4 is 10.1 Å². The first-order valence-corrected chi connectivity index (χ1v) is 7.08. The molecule has 2 saturated heterocycles. The Balaban J connectivity index is 1.73. The normalized spacial score (nSPS) is 27.2. The number of ether oxygens (including phenoxy) is 1. The number of phenols is 1. The molecule has 2 N–H and O–H groups in total. The van der Waals surface area contributed by atoms with Crippen LogP contribution in [0.25, 0.3) is 0 Å². The van der Waals surface area contributed by atoms with E-state index in [4.69, 9.17) is 4.74 Å². The zero-order chi connectivity index (χ0) is 13.2. The van der Waals surface area contributed by atoms with E-state index < -0.39 is 0 Å². The first kappa shape index (κ1) is 12.8. The van der Waals surface area contributed by atoms with Gasteiger partial charge in [0, 0.05) is 19.1 Å². The van der Waals surface area contributed by atoms with Gasteiger partial charge in [0.05, 0.1) is 7.11 Å². The summed E-state index contributed by atoms with van der Waals surface area (Å²) in [6, 6.07) is 6.33. The minimum Gasteiger partial charge on any atom is -0.504 e. The molecule has 0 aromatic heterocycles. The van der Waals surface area contributed by atoms with Crippen molar-refractivity contribution in [3.63, 3.8) is 0 Å². The number of nitrogens with one attached hydrogen (secondary N) is 1. The van der Waals surface area contributed by atoms with E-state index in [0.717, 1.165) is 19.0 Å². The second-order valence-electron chi connectivity index (χ2n) is 5.60. The molecule has 0 aliphatic carbocycles. The third-order valence-corrected chi connectivity index (χ3v) is 4.42. The van der Waals surface area contributed by atoms with Gasteiger partial charge in [0.25, 0.3) is 0 Å². The lowest BCUT2D eigenvalue weighted by atomic mass is 9.91. The number of hydrogen-bond donors (Lipinski definition) is 2. The zero-order valence-corrected chi connectivity index (χ0v) is 11.4. The van der Waals surface area contributed by atoms with Gasteiger partial charge in [-0.15, -0.1) is 0 Å². The van der Waals surface area contributed by atoms with Crippen molar-refractivity contribution in [3.8, 4) is 11.5 Å². The van der Waals surface area contributed by atoms with Crippen molar-refractivity contribution in [1.82, 2.24) is 10.2 Å². The molecule has 4 nitrogen and oxygen atoms in total. The zero-order valence-electron chi connectivity index (χ0n) is 11.4. The molecule has 0 amide bonds. The molecule has 4 heteroatoms. The van der Waals surface area contributed by atoms with E-state index in [1.54, 1.807) is 13.2 Å². The van der Waals surface area contributed by atoms with Crippen LogP contribution in [0.3, 0.4) is 0 Å². The largest absolute Gasteiger partial charge is 0.504 e. The highest BCUT2D eigenvalue weighted by atomic mass is 16.5. The number of benzene rings is 1. The number of rotatable bonds is 3. The molecule has 2 atom stereocenters. The molecule has 19 heavy (non-hydrogen) atoms. The van der Waals surface area contributed by atoms with Gasteiger partial charge in [-0.05, 0) is 49.5 Å². The van der Waals surface area contributed by atoms with Gasteiger partial charge in [0.15, 0.2) is 11.5 Å². The molecule has 0 saturated carbocycles. The molecule has 2 aliphatic heterocycles. The molecule has 0 bridgehead atoms. The average molecular weight is 262 g/mol. The van der Waals surface area contributed by atoms with E-state index in [2.05, 4.69) is 10.2 Å². The fourth-order valence-electron chi connectivity index (χ4n) is 3.41. The Labute approximate surface area is 114 Å². The van der Waals surface area contributed by atoms with Crippen molar-refractivity contribution < 1.29 is 9.84 Å². The molecule has 2 aliphatic rings. The Bertz CT molecular complexity index is 450. The van der Waals surface area contributed by atoms with E-state index in [0.29, 0.717) is 11.8 Å². The van der Waals surface area contributed by atoms with Crippen molar-refractivity contribution in [1.29, 1.82) is 0 Å². The Morgan fingerprint density at radius 1 is 1.42 bits per heavy atom. The van der Waals surface area contributed by atoms with Crippen molar-refractivity contribution in [3.05, 3.63) is 23.8 Å². The Hall–Kier alpha value is -1.26. The molecule has 0 radical (unpaired) electrons. The molecule has 1 aromatic carbocycles. The summed E-state index contributed by atoms with van der Waals surface area (Å²) in [5.74, 6) is 1.59. The summed E-state index contributed by atoms with van der Waals surface area (Å²) in [5, 5.41) is 13.1. The van der Waals surface area contributed by atoms with E-state index in [-0.39, 0.29) is 5.75 Å². The van der Waals surface area contributed by atoms with Crippen LogP contribution in [0.4, 0.5) is 0 Å². The highest BCUT2D eigenvalue weighted by Gasteiger charge is 2.34. The number of aromatic hydroxyl groups is 1. The predicted octanol–water partition coefficient (Wildman–Crippen LogP) is 1.58. The van der Waals surface area contributed by atoms with E-state index in [9.17, 15) is 5.11 Å². The topological polar surface area (TPSA) is 44.7 Å². The van der Waals surface area contributed by atoms with Crippen LogP contribution in [0, 0.1) is 5.92 Å². The van der Waals surface area contributed by atoms with E-state index in [1.807, 2.05) is 12.1 Å². The van der Waals surface area contributed by atoms with Crippen molar-refractivity contribution in [2.24, 2.45) is 5.92 Å². The monoisotopic (exact) mass is 262 g/mol. The maximum absolute atomic E-state index is 9.64. The molecular weight excluding hydrogens is 240 g/mol. The molecular formula is C15H22N2O2. The quantitative estimate of drug-likeness (QED) is 0.868. The maximum Gasteiger partial charge on any atom is 0.160 e. The third kappa shape index (κ3) is 2.55. The van der Waals surface area contributed by atoms with E-state index >= 15 is 0 Å². The van der Waals surface area contributed by atoms with Gasteiger partial charge in [0.1, 0.15) is 0 Å². The summed E-state index contributed by atoms with van der Waals surface area (Å²) < 4.78 is 5.18. The number of hydrogen-bond acceptors (Lipinski definition) is 4. The highest BCUT2D eigenvalue weighted by molar-refractivity contribution is 5.41. The summed E-state index contributed by atoms with van der Waals surface area (Å²) in [4.78, 5) is 2.57. The minimum atomic E-state index is 0.213. The van der Waals surface area contributed by atoms with Crippen LogP contribution >= 0.6 is 0 Å². The number of fused-ring (bicyclic) bond motifs is 1. The van der Waals surface area contributed by atoms with Crippen molar-refractivity contribution >= 4 is 0 Å². The van der Waals surface area contributed by atoms with E-state index in [1.165, 1.54) is 31.5 Å². The number of methoxy groups -OCH3 is 1. The van der Waals surface area contributed by atoms with Crippen LogP contribution in [0.1, 0.15) is 18.4 Å². The fourth-order valence-corrected chi connectivity index (χ4v) is 3.41. The molecule has 2 fully saturated rings. The van der Waals surface area contributed by atoms with Crippen LogP contribution in [-0.2, 0) is 6.54 Å². The van der Waals surface area contributed by atoms with Gasteiger partial charge in [-0.3, -0.25) is 4.90 Å². The predicted molar refractivity (Wildman–Crippen MR) is 74.5 cm³/mol. The first-order chi connectivity index (χ1) is 9.28. The van der Waals surface area contributed by atoms with Crippen molar-refractivity contribution in [2.45, 2.75) is 25.4 Å². The summed E-state index contributed by atoms with van der Waals surface area (Å²) in [5.41, 5.74) is 1.21. The first-order valence-electron chi connectivity index (χ1n) is 7.08. The lowest BCUT2D eigenvalue weighted by Gasteiger charge is -2.37. The van der Waals surface area contributed by atoms with Gasteiger partial charge < -0.3 is 15.2 Å². The summed E-state index contributed by atoms with van der Waals surface area (Å²) >= 11 is 0. The lowest BCUT2D eigenvalue weighted by molar-refractivity contribution is 0.117. The highest BCUT2D eigenvalue weighted by Crippen LogP contribution is 2.30. The number of nitrogens with zero attached hydrogens (tertiary/aromatic N) is 1. The Morgan fingerprint density at radius 3 is 3.16 bits per heavy atom. The molecule has 1 aromatic rings. The standard InChI is InChI=1S/C15H22N2O2/c1-19-15-7-11(4-5-14(15)18)10-17-6-2-3-12-8-16-9-13(12)17/h4-5,7,12-13,16,18H,2-3,6,8-10H2,1H3. The minimum absolute atomic E-state index is 0.213. The maximum atomic E-state index is 9.64. The molecule has 3 rings (SSSR count). The third-order valence-electron chi connectivity index (χ3n) is 4.42. The SMILES string of the molecule is COc1cc(CN2CCCC3CNCC32)ccc1O. The van der Waals surface area contributed by atoms with Crippen LogP contribution in [0.2, 0.25) is 0 Å². The average Bonchev–Trinajstić information content (AvgIpc) is 2.90. The van der Waals surface area contributed by atoms with Crippen LogP contribution in [0.15, 0.2) is 18.2 Å². The summed E-state index contributed by atoms with van der Waals surface area (Å²) in [6.45, 7) is 4.39. The Morgan fingerprint density at radius 2 is 2.32 bits per heavy atom. The van der Waals surface area contributed by atoms with Gasteiger partial charge in [-0.25, -0.2) is 0 Å². The second kappa shape index (κ2) is 5.39. The number of likely N-dealkylation sites (tertiary alicyclic amines) is 1. The number of phenolic OH excluding ortho intramolecular Hbond substituents is 1. The van der Waals surface area contributed by atoms with Crippen LogP contribution in [0.5, 0.6) is 11.5 Å². The van der Waals surface area contributed by atoms with Crippen molar-refractivity contribution in [2.75, 3.05) is 26.7 Å². The summed E-state index contributed by atoms with van der Waals surface area (Å²) in [7, 11) is 1.59. The fraction of sp³-hybridized carbons (Fsp3) is 0.600. The van der Waals surface area contributed by atoms with Gasteiger partial charge in [0.2, 0.25) is 0 Å². The molecule has 2 unspecified atom stereocenters. The number of piperidine rings is 1. The van der Waals surface area contributed by atoms with Crippen LogP contribution in [-0.4, -0.2) is 42.8 Å². The Kier molecular flexibility index (Phi) is 3.62. The lowest BCUT2D eigenvalue weighted by Crippen LogP contribution is -2.44. The van der Waals surface area contributed by atoms with Gasteiger partial charge in [-0.2, -0.15) is 0 Å². The molecule has 2 heterocycles. The second-order valence-corrected chi connectivity index (χ2v) is 5.60. The molecule has 104 valence electrons. The smallest absolute Gasteiger partial charge is 0.160 e.